The summed E-state index contributed by atoms with van der Waals surface area (Å²) in [7, 11) is 0. The third-order valence-corrected chi connectivity index (χ3v) is 12.8. The fraction of sp³-hybridized carbons (Fsp3) is 0. The molecule has 0 unspecified atom stereocenters. The fourth-order valence-electron chi connectivity index (χ4n) is 10.1. The highest BCUT2D eigenvalue weighted by Gasteiger charge is 2.23. The Hall–Kier alpha value is -8.81. The second-order valence-electron chi connectivity index (χ2n) is 16.1. The van der Waals surface area contributed by atoms with Crippen molar-refractivity contribution in [3.63, 3.8) is 0 Å². The highest BCUT2D eigenvalue weighted by Crippen LogP contribution is 2.39. The van der Waals surface area contributed by atoms with Gasteiger partial charge < -0.3 is 9.13 Å². The molecule has 0 spiro atoms. The molecule has 0 radical (unpaired) electrons. The van der Waals surface area contributed by atoms with Crippen LogP contribution in [0.15, 0.2) is 212 Å². The molecule has 298 valence electrons. The Balaban J connectivity index is 1.09. The Morgan fingerprint density at radius 2 is 0.719 bits per heavy atom. The summed E-state index contributed by atoms with van der Waals surface area (Å²) in [5.74, 6) is 0.956. The third kappa shape index (κ3) is 4.89. The molecule has 0 aliphatic rings. The van der Waals surface area contributed by atoms with Crippen LogP contribution in [-0.2, 0) is 0 Å². The van der Waals surface area contributed by atoms with Crippen LogP contribution in [0.1, 0.15) is 5.48 Å². The molecule has 14 rings (SSSR count). The van der Waals surface area contributed by atoms with Crippen molar-refractivity contribution in [1.82, 2.24) is 33.2 Å². The summed E-state index contributed by atoms with van der Waals surface area (Å²) in [6.07, 6.45) is 0. The van der Waals surface area contributed by atoms with Crippen molar-refractivity contribution in [2.45, 2.75) is 0 Å². The van der Waals surface area contributed by atoms with E-state index < -0.39 is 0 Å². The topological polar surface area (TPSA) is 58.4 Å². The number of fused-ring (bicyclic) bond motifs is 12. The van der Waals surface area contributed by atoms with Crippen molar-refractivity contribution < 1.29 is 5.48 Å². The van der Waals surface area contributed by atoms with Gasteiger partial charge in [-0.1, -0.05) is 139 Å². The summed E-state index contributed by atoms with van der Waals surface area (Å²) in [5.41, 5.74) is 9.67. The van der Waals surface area contributed by atoms with E-state index in [0.29, 0.717) is 28.1 Å². The van der Waals surface area contributed by atoms with Crippen molar-refractivity contribution in [1.29, 1.82) is 0 Å². The average Bonchev–Trinajstić information content (AvgIpc) is 4.12. The third-order valence-electron chi connectivity index (χ3n) is 12.8. The Kier molecular flexibility index (Phi) is 6.48. The lowest BCUT2D eigenvalue weighted by Crippen LogP contribution is -2.11. The van der Waals surface area contributed by atoms with E-state index in [1.165, 1.54) is 10.8 Å². The summed E-state index contributed by atoms with van der Waals surface area (Å²) in [4.78, 5) is 16.1. The zero-order chi connectivity index (χ0) is 45.4. The molecule has 7 heteroatoms. The maximum absolute atomic E-state index is 9.34. The van der Waals surface area contributed by atoms with Crippen LogP contribution in [0.25, 0.3) is 122 Å². The van der Waals surface area contributed by atoms with E-state index >= 15 is 0 Å². The number of rotatable bonds is 5. The van der Waals surface area contributed by atoms with E-state index in [-0.39, 0.29) is 35.6 Å². The molecule has 64 heavy (non-hydrogen) atoms. The van der Waals surface area contributed by atoms with E-state index in [9.17, 15) is 1.37 Å². The van der Waals surface area contributed by atoms with E-state index in [1.807, 2.05) is 48.5 Å². The molecule has 0 saturated carbocycles. The van der Waals surface area contributed by atoms with Crippen LogP contribution in [0.4, 0.5) is 0 Å². The Labute approximate surface area is 371 Å². The molecule has 0 fully saturated rings. The van der Waals surface area contributed by atoms with E-state index in [2.05, 4.69) is 153 Å². The molecule has 5 aromatic heterocycles. The summed E-state index contributed by atoms with van der Waals surface area (Å²) in [5, 5.41) is 7.72. The standard InChI is InChI=1S/C57H35N7/c1-9-25-46-37(17-1)38-18-2-10-26-47(38)61(46)36-33-34-54-45(35-36)43-23-7-15-31-52(43)64(54)57-59-55(58-56(60-57)63-50-29-13-5-21-41(50)42-22-6-14-30-51(42)63)44-24-8-16-32-53(44)62-48-27-11-3-19-39(48)40-20-4-12-28-49(40)62/h1-35H/i5D,13D,21D,29D. The van der Waals surface area contributed by atoms with E-state index in [0.717, 1.165) is 71.6 Å². The first-order chi connectivity index (χ1) is 33.4. The molecule has 0 amide bonds. The maximum Gasteiger partial charge on any atom is 0.240 e. The maximum atomic E-state index is 9.34. The van der Waals surface area contributed by atoms with Crippen LogP contribution < -0.4 is 0 Å². The first-order valence-corrected chi connectivity index (χ1v) is 21.3. The summed E-state index contributed by atoms with van der Waals surface area (Å²) in [6, 6.07) is 63.4. The monoisotopic (exact) mass is 821 g/mol. The van der Waals surface area contributed by atoms with E-state index in [4.69, 9.17) is 19.1 Å². The average molecular weight is 822 g/mol. The zero-order valence-electron chi connectivity index (χ0n) is 38.0. The predicted octanol–water partition coefficient (Wildman–Crippen LogP) is 13.9. The minimum Gasteiger partial charge on any atom is -0.309 e. The summed E-state index contributed by atoms with van der Waals surface area (Å²) < 4.78 is 44.4. The van der Waals surface area contributed by atoms with Gasteiger partial charge in [0, 0.05) is 54.3 Å². The molecule has 7 nitrogen and oxygen atoms in total. The van der Waals surface area contributed by atoms with Gasteiger partial charge in [-0.05, 0) is 72.8 Å². The zero-order valence-corrected chi connectivity index (χ0v) is 34.0. The number of nitrogens with zero attached hydrogens (tertiary/aromatic N) is 7. The van der Waals surface area contributed by atoms with Crippen LogP contribution >= 0.6 is 0 Å². The van der Waals surface area contributed by atoms with Gasteiger partial charge in [0.2, 0.25) is 11.9 Å². The largest absolute Gasteiger partial charge is 0.309 e. The van der Waals surface area contributed by atoms with Gasteiger partial charge in [0.15, 0.2) is 5.82 Å². The van der Waals surface area contributed by atoms with Crippen molar-refractivity contribution in [3.8, 4) is 34.7 Å². The number of hydrogen-bond donors (Lipinski definition) is 0. The molecule has 0 N–H and O–H groups in total. The Bertz CT molecular complexity index is 4360. The Morgan fingerprint density at radius 3 is 1.28 bits per heavy atom. The SMILES string of the molecule is [2H]c1c([2H])c([2H])c2c(c1[2H])c1ccccc1n2-c1nc(-c2ccccc2-n2c3ccccc3c3ccccc32)nc(-n2c3ccccc3c3cc(-n4c5ccccc5c5ccccc54)ccc32)n1. The lowest BCUT2D eigenvalue weighted by Gasteiger charge is -2.16. The number of aromatic nitrogens is 7. The predicted molar refractivity (Wildman–Crippen MR) is 263 cm³/mol. The summed E-state index contributed by atoms with van der Waals surface area (Å²) >= 11 is 0. The van der Waals surface area contributed by atoms with Gasteiger partial charge >= 0.3 is 0 Å². The van der Waals surface area contributed by atoms with Crippen LogP contribution in [0, 0.1) is 0 Å². The highest BCUT2D eigenvalue weighted by atomic mass is 15.3. The van der Waals surface area contributed by atoms with Gasteiger partial charge in [-0.25, -0.2) is 0 Å². The van der Waals surface area contributed by atoms with Crippen LogP contribution in [-0.4, -0.2) is 33.2 Å². The van der Waals surface area contributed by atoms with Crippen molar-refractivity contribution in [2.75, 3.05) is 0 Å². The molecule has 0 aliphatic heterocycles. The lowest BCUT2D eigenvalue weighted by atomic mass is 10.1. The van der Waals surface area contributed by atoms with E-state index in [1.54, 1.807) is 4.57 Å². The van der Waals surface area contributed by atoms with Gasteiger partial charge in [-0.3, -0.25) is 9.13 Å². The first kappa shape index (κ1) is 31.1. The molecule has 14 aromatic rings. The molecule has 9 aromatic carbocycles. The minimum absolute atomic E-state index is 0.122. The van der Waals surface area contributed by atoms with Gasteiger partial charge in [0.25, 0.3) is 0 Å². The molecular formula is C57H35N7. The molecular weight excluding hydrogens is 783 g/mol. The van der Waals surface area contributed by atoms with Crippen molar-refractivity contribution in [2.24, 2.45) is 0 Å². The van der Waals surface area contributed by atoms with Crippen molar-refractivity contribution in [3.05, 3.63) is 212 Å². The Morgan fingerprint density at radius 1 is 0.312 bits per heavy atom. The molecule has 0 saturated heterocycles. The van der Waals surface area contributed by atoms with Crippen LogP contribution in [0.5, 0.6) is 0 Å². The van der Waals surface area contributed by atoms with Crippen LogP contribution in [0.3, 0.4) is 0 Å². The van der Waals surface area contributed by atoms with Gasteiger partial charge in [-0.2, -0.15) is 15.0 Å². The molecule has 0 atom stereocenters. The van der Waals surface area contributed by atoms with Gasteiger partial charge in [-0.15, -0.1) is 0 Å². The van der Waals surface area contributed by atoms with Gasteiger partial charge in [0.1, 0.15) is 0 Å². The summed E-state index contributed by atoms with van der Waals surface area (Å²) in [6.45, 7) is 0. The molecule has 0 bridgehead atoms. The van der Waals surface area contributed by atoms with Gasteiger partial charge in [0.05, 0.1) is 55.3 Å². The van der Waals surface area contributed by atoms with Crippen molar-refractivity contribution >= 4 is 87.2 Å². The number of para-hydroxylation sites is 8. The minimum atomic E-state index is -0.334. The number of benzene rings is 9. The normalized spacial score (nSPS) is 12.9. The smallest absolute Gasteiger partial charge is 0.240 e. The van der Waals surface area contributed by atoms with Crippen LogP contribution in [0.2, 0.25) is 0 Å². The first-order valence-electron chi connectivity index (χ1n) is 23.3. The number of hydrogen-bond acceptors (Lipinski definition) is 3. The molecule has 5 heterocycles. The quantitative estimate of drug-likeness (QED) is 0.174. The second kappa shape index (κ2) is 13.3. The fourth-order valence-corrected chi connectivity index (χ4v) is 10.1. The second-order valence-corrected chi connectivity index (χ2v) is 16.1. The lowest BCUT2D eigenvalue weighted by molar-refractivity contribution is 0.892. The molecule has 0 aliphatic carbocycles. The highest BCUT2D eigenvalue weighted by molar-refractivity contribution is 6.13.